The number of aryl methyl sites for hydroxylation is 2. The molecule has 1 aliphatic heterocycles. The number of rotatable bonds is 6. The minimum absolute atomic E-state index is 0.183. The van der Waals surface area contributed by atoms with Gasteiger partial charge in [0.05, 0.1) is 18.4 Å². The Hall–Kier alpha value is -4.73. The van der Waals surface area contributed by atoms with Crippen LogP contribution >= 0.6 is 0 Å². The van der Waals surface area contributed by atoms with E-state index in [9.17, 15) is 14.4 Å². The average molecular weight is 518 g/mol. The summed E-state index contributed by atoms with van der Waals surface area (Å²) in [6.45, 7) is 6.10. The minimum Gasteiger partial charge on any atom is -0.495 e. The molecule has 0 radical (unpaired) electrons. The molecule has 38 heavy (non-hydrogen) atoms. The first-order valence-corrected chi connectivity index (χ1v) is 12.2. The van der Waals surface area contributed by atoms with Crippen molar-refractivity contribution in [3.63, 3.8) is 0 Å². The topological polar surface area (TPSA) is 123 Å². The predicted octanol–water partition coefficient (Wildman–Crippen LogP) is 5.01. The molecule has 0 aliphatic carbocycles. The number of benzene rings is 3. The standard InChI is InChI=1S/C28H31N5O5/c1-18-4-11-25(38-3)24(16-18)30-27(36)29-21-6-8-22(9-7-21)32-12-14-33(15-13-32)28(37)31-23-10-5-20(26(34)35)17-19(23)2/h4-11,16-17H,12-15H2,1-3H3,(H,31,37)(H,34,35)(H2,29,30,36). The number of urea groups is 2. The fourth-order valence-corrected chi connectivity index (χ4v) is 4.26. The van der Waals surface area contributed by atoms with Crippen molar-refractivity contribution in [1.82, 2.24) is 4.90 Å². The number of carbonyl (C=O) groups excluding carboxylic acids is 2. The fraction of sp³-hybridized carbons (Fsp3) is 0.250. The highest BCUT2D eigenvalue weighted by Gasteiger charge is 2.22. The second-order valence-electron chi connectivity index (χ2n) is 9.07. The third-order valence-corrected chi connectivity index (χ3v) is 6.38. The van der Waals surface area contributed by atoms with Crippen LogP contribution in [0.1, 0.15) is 21.5 Å². The maximum absolute atomic E-state index is 12.7. The van der Waals surface area contributed by atoms with Gasteiger partial charge >= 0.3 is 18.0 Å². The Balaban J connectivity index is 1.28. The second-order valence-corrected chi connectivity index (χ2v) is 9.07. The van der Waals surface area contributed by atoms with E-state index in [1.165, 1.54) is 12.1 Å². The molecule has 1 aliphatic rings. The second kappa shape index (κ2) is 11.5. The van der Waals surface area contributed by atoms with E-state index in [1.54, 1.807) is 25.0 Å². The van der Waals surface area contributed by atoms with Crippen LogP contribution in [0.2, 0.25) is 0 Å². The van der Waals surface area contributed by atoms with Gasteiger partial charge < -0.3 is 35.6 Å². The number of piperazine rings is 1. The van der Waals surface area contributed by atoms with Gasteiger partial charge in [0.15, 0.2) is 0 Å². The summed E-state index contributed by atoms with van der Waals surface area (Å²) in [4.78, 5) is 40.3. The molecule has 10 heteroatoms. The molecule has 0 aromatic heterocycles. The van der Waals surface area contributed by atoms with Crippen LogP contribution in [0.3, 0.4) is 0 Å². The normalized spacial score (nSPS) is 13.0. The zero-order valence-corrected chi connectivity index (χ0v) is 21.6. The molecule has 1 heterocycles. The fourth-order valence-electron chi connectivity index (χ4n) is 4.26. The van der Waals surface area contributed by atoms with Crippen molar-refractivity contribution < 1.29 is 24.2 Å². The van der Waals surface area contributed by atoms with Gasteiger partial charge in [-0.3, -0.25) is 0 Å². The van der Waals surface area contributed by atoms with E-state index in [0.29, 0.717) is 54.6 Å². The van der Waals surface area contributed by atoms with Crippen molar-refractivity contribution >= 4 is 40.8 Å². The molecule has 4 N–H and O–H groups in total. The number of nitrogens with one attached hydrogen (secondary N) is 3. The van der Waals surface area contributed by atoms with Crippen molar-refractivity contribution in [1.29, 1.82) is 0 Å². The summed E-state index contributed by atoms with van der Waals surface area (Å²) in [7, 11) is 1.56. The molecular weight excluding hydrogens is 486 g/mol. The molecule has 4 amide bonds. The molecule has 1 saturated heterocycles. The lowest BCUT2D eigenvalue weighted by atomic mass is 10.1. The lowest BCUT2D eigenvalue weighted by molar-refractivity contribution is 0.0696. The van der Waals surface area contributed by atoms with Gasteiger partial charge in [-0.1, -0.05) is 6.07 Å². The predicted molar refractivity (Wildman–Crippen MR) is 148 cm³/mol. The molecule has 4 rings (SSSR count). The maximum atomic E-state index is 12.7. The molecule has 0 saturated carbocycles. The van der Waals surface area contributed by atoms with Crippen LogP contribution in [-0.2, 0) is 0 Å². The van der Waals surface area contributed by atoms with Gasteiger partial charge in [-0.2, -0.15) is 0 Å². The number of hydrogen-bond donors (Lipinski definition) is 4. The molecule has 0 unspecified atom stereocenters. The quantitative estimate of drug-likeness (QED) is 0.365. The molecule has 10 nitrogen and oxygen atoms in total. The lowest BCUT2D eigenvalue weighted by Gasteiger charge is -2.36. The van der Waals surface area contributed by atoms with E-state index in [-0.39, 0.29) is 17.6 Å². The third kappa shape index (κ3) is 6.33. The van der Waals surface area contributed by atoms with Gasteiger partial charge in [0.2, 0.25) is 0 Å². The van der Waals surface area contributed by atoms with Crippen LogP contribution in [0.15, 0.2) is 60.7 Å². The highest BCUT2D eigenvalue weighted by Crippen LogP contribution is 2.26. The Morgan fingerprint density at radius 1 is 0.816 bits per heavy atom. The number of carboxylic acid groups (broad SMARTS) is 1. The molecule has 3 aromatic carbocycles. The number of carboxylic acids is 1. The summed E-state index contributed by atoms with van der Waals surface area (Å²) in [5.74, 6) is -0.419. The van der Waals surface area contributed by atoms with Gasteiger partial charge in [-0.05, 0) is 79.6 Å². The van der Waals surface area contributed by atoms with Crippen LogP contribution in [0, 0.1) is 13.8 Å². The summed E-state index contributed by atoms with van der Waals surface area (Å²) >= 11 is 0. The number of ether oxygens (including phenoxy) is 1. The van der Waals surface area contributed by atoms with Gasteiger partial charge in [0.25, 0.3) is 0 Å². The van der Waals surface area contributed by atoms with Gasteiger partial charge in [0.1, 0.15) is 5.75 Å². The Labute approximate surface area is 221 Å². The molecule has 0 atom stereocenters. The Morgan fingerprint density at radius 3 is 2.16 bits per heavy atom. The van der Waals surface area contributed by atoms with E-state index in [1.807, 2.05) is 49.4 Å². The SMILES string of the molecule is COc1ccc(C)cc1NC(=O)Nc1ccc(N2CCN(C(=O)Nc3ccc(C(=O)O)cc3C)CC2)cc1. The van der Waals surface area contributed by atoms with Crippen molar-refractivity contribution in [3.05, 3.63) is 77.4 Å². The smallest absolute Gasteiger partial charge is 0.335 e. The first kappa shape index (κ1) is 26.3. The van der Waals surface area contributed by atoms with E-state index in [0.717, 1.165) is 11.3 Å². The number of aromatic carboxylic acids is 1. The summed E-state index contributed by atoms with van der Waals surface area (Å²) in [5.41, 5.74) is 4.72. The molecule has 3 aromatic rings. The summed E-state index contributed by atoms with van der Waals surface area (Å²) in [6.07, 6.45) is 0. The monoisotopic (exact) mass is 517 g/mol. The molecule has 0 bridgehead atoms. The van der Waals surface area contributed by atoms with Crippen molar-refractivity contribution in [3.8, 4) is 5.75 Å². The average Bonchev–Trinajstić information content (AvgIpc) is 2.90. The number of nitrogens with zero attached hydrogens (tertiary/aromatic N) is 2. The largest absolute Gasteiger partial charge is 0.495 e. The van der Waals surface area contributed by atoms with Crippen LogP contribution in [0.4, 0.5) is 32.3 Å². The van der Waals surface area contributed by atoms with Crippen molar-refractivity contribution in [2.75, 3.05) is 54.1 Å². The van der Waals surface area contributed by atoms with E-state index < -0.39 is 5.97 Å². The molecule has 1 fully saturated rings. The lowest BCUT2D eigenvalue weighted by Crippen LogP contribution is -2.50. The number of amides is 4. The van der Waals surface area contributed by atoms with Gasteiger partial charge in [0, 0.05) is 43.2 Å². The van der Waals surface area contributed by atoms with Gasteiger partial charge in [-0.15, -0.1) is 0 Å². The van der Waals surface area contributed by atoms with E-state index in [2.05, 4.69) is 20.9 Å². The number of anilines is 4. The molecule has 0 spiro atoms. The Morgan fingerprint density at radius 2 is 1.53 bits per heavy atom. The zero-order valence-electron chi connectivity index (χ0n) is 21.6. The number of hydrogen-bond acceptors (Lipinski definition) is 5. The highest BCUT2D eigenvalue weighted by molar-refractivity contribution is 6.00. The third-order valence-electron chi connectivity index (χ3n) is 6.38. The number of carbonyl (C=O) groups is 3. The van der Waals surface area contributed by atoms with Crippen molar-refractivity contribution in [2.24, 2.45) is 0 Å². The van der Waals surface area contributed by atoms with E-state index in [4.69, 9.17) is 9.84 Å². The summed E-state index contributed by atoms with van der Waals surface area (Å²) in [6, 6.07) is 17.2. The molecular formula is C28H31N5O5. The molecule has 198 valence electrons. The van der Waals surface area contributed by atoms with Crippen LogP contribution in [-0.4, -0.2) is 61.3 Å². The Kier molecular flexibility index (Phi) is 8.00. The zero-order chi connectivity index (χ0) is 27.2. The highest BCUT2D eigenvalue weighted by atomic mass is 16.5. The van der Waals surface area contributed by atoms with Gasteiger partial charge in [-0.25, -0.2) is 14.4 Å². The summed E-state index contributed by atoms with van der Waals surface area (Å²) < 4.78 is 5.31. The van der Waals surface area contributed by atoms with Crippen LogP contribution in [0.5, 0.6) is 5.75 Å². The van der Waals surface area contributed by atoms with E-state index >= 15 is 0 Å². The first-order chi connectivity index (χ1) is 18.2. The number of methoxy groups -OCH3 is 1. The summed E-state index contributed by atoms with van der Waals surface area (Å²) in [5, 5.41) is 17.6. The first-order valence-electron chi connectivity index (χ1n) is 12.2. The van der Waals surface area contributed by atoms with Crippen LogP contribution < -0.4 is 25.6 Å². The Bertz CT molecular complexity index is 1330. The van der Waals surface area contributed by atoms with Crippen molar-refractivity contribution in [2.45, 2.75) is 13.8 Å². The maximum Gasteiger partial charge on any atom is 0.335 e. The van der Waals surface area contributed by atoms with Crippen LogP contribution in [0.25, 0.3) is 0 Å². The minimum atomic E-state index is -1.00.